The third-order valence-electron chi connectivity index (χ3n) is 2.97. The van der Waals surface area contributed by atoms with Gasteiger partial charge in [0.05, 0.1) is 5.69 Å². The van der Waals surface area contributed by atoms with Gasteiger partial charge in [0.1, 0.15) is 11.9 Å². The van der Waals surface area contributed by atoms with Gasteiger partial charge in [0.2, 0.25) is 0 Å². The van der Waals surface area contributed by atoms with Gasteiger partial charge in [-0.05, 0) is 24.6 Å². The number of carboxylic acid groups (broad SMARTS) is 1. The summed E-state index contributed by atoms with van der Waals surface area (Å²) < 4.78 is 0. The molecule has 5 nitrogen and oxygen atoms in total. The van der Waals surface area contributed by atoms with Crippen molar-refractivity contribution in [1.82, 2.24) is 15.3 Å². The van der Waals surface area contributed by atoms with E-state index in [4.69, 9.17) is 16.7 Å². The Morgan fingerprint density at radius 3 is 2.75 bits per heavy atom. The summed E-state index contributed by atoms with van der Waals surface area (Å²) in [5.74, 6) is -1.03. The molecule has 2 N–H and O–H groups in total. The number of aromatic nitrogens is 2. The number of hydrogen-bond donors (Lipinski definition) is 2. The topological polar surface area (TPSA) is 75.1 Å². The molecule has 20 heavy (non-hydrogen) atoms. The molecule has 1 aromatic carbocycles. The van der Waals surface area contributed by atoms with Crippen molar-refractivity contribution in [3.8, 4) is 0 Å². The highest BCUT2D eigenvalue weighted by Crippen LogP contribution is 2.16. The molecule has 104 valence electrons. The lowest BCUT2D eigenvalue weighted by atomic mass is 10.1. The summed E-state index contributed by atoms with van der Waals surface area (Å²) in [5, 5.41) is 13.0. The molecule has 2 aromatic rings. The Bertz CT molecular complexity index is 602. The van der Waals surface area contributed by atoms with Gasteiger partial charge in [0.15, 0.2) is 0 Å². The van der Waals surface area contributed by atoms with Crippen LogP contribution in [0, 0.1) is 0 Å². The summed E-state index contributed by atoms with van der Waals surface area (Å²) in [7, 11) is 0. The van der Waals surface area contributed by atoms with Crippen molar-refractivity contribution in [2.24, 2.45) is 0 Å². The number of carbonyl (C=O) groups is 1. The zero-order valence-electron chi connectivity index (χ0n) is 10.9. The minimum absolute atomic E-state index is 0.0591. The number of hydrogen-bond acceptors (Lipinski definition) is 4. The largest absolute Gasteiger partial charge is 0.478 e. The lowest BCUT2D eigenvalue weighted by Crippen LogP contribution is -2.20. The van der Waals surface area contributed by atoms with Gasteiger partial charge in [0.25, 0.3) is 0 Å². The second-order valence-electron chi connectivity index (χ2n) is 4.34. The van der Waals surface area contributed by atoms with Crippen LogP contribution >= 0.6 is 11.6 Å². The monoisotopic (exact) mass is 291 g/mol. The number of halogens is 1. The smallest absolute Gasteiger partial charge is 0.339 e. The molecular formula is C14H14ClN3O2. The van der Waals surface area contributed by atoms with Gasteiger partial charge in [-0.15, -0.1) is 0 Å². The predicted octanol–water partition coefficient (Wildman–Crippen LogP) is 2.68. The molecule has 0 amide bonds. The Kier molecular flexibility index (Phi) is 4.65. The first kappa shape index (κ1) is 14.4. The van der Waals surface area contributed by atoms with Gasteiger partial charge < -0.3 is 10.4 Å². The maximum atomic E-state index is 11.1. The highest BCUT2D eigenvalue weighted by atomic mass is 35.5. The van der Waals surface area contributed by atoms with Crippen LogP contribution in [0.15, 0.2) is 36.8 Å². The number of carboxylic acids is 1. The molecule has 0 spiro atoms. The van der Waals surface area contributed by atoms with Crippen LogP contribution in [0.5, 0.6) is 0 Å². The van der Waals surface area contributed by atoms with Crippen LogP contribution in [0.3, 0.4) is 0 Å². The van der Waals surface area contributed by atoms with Crippen molar-refractivity contribution in [3.05, 3.63) is 58.6 Å². The first-order valence-electron chi connectivity index (χ1n) is 6.09. The van der Waals surface area contributed by atoms with Gasteiger partial charge in [-0.3, -0.25) is 0 Å². The summed E-state index contributed by atoms with van der Waals surface area (Å²) in [6.07, 6.45) is 2.65. The highest BCUT2D eigenvalue weighted by molar-refractivity contribution is 6.30. The highest BCUT2D eigenvalue weighted by Gasteiger charge is 2.12. The molecule has 0 radical (unpaired) electrons. The van der Waals surface area contributed by atoms with Crippen LogP contribution in [0.1, 0.15) is 34.6 Å². The molecule has 0 aliphatic heterocycles. The van der Waals surface area contributed by atoms with E-state index in [9.17, 15) is 4.79 Å². The third kappa shape index (κ3) is 3.53. The fourth-order valence-corrected chi connectivity index (χ4v) is 1.92. The molecule has 2 rings (SSSR count). The molecule has 0 fully saturated rings. The van der Waals surface area contributed by atoms with Gasteiger partial charge in [-0.2, -0.15) is 0 Å². The van der Waals surface area contributed by atoms with Crippen molar-refractivity contribution in [1.29, 1.82) is 0 Å². The molecule has 0 saturated heterocycles. The molecule has 1 heterocycles. The summed E-state index contributed by atoms with van der Waals surface area (Å²) in [4.78, 5) is 18.8. The Balaban J connectivity index is 2.05. The summed E-state index contributed by atoms with van der Waals surface area (Å²) >= 11 is 5.84. The van der Waals surface area contributed by atoms with E-state index in [1.165, 1.54) is 12.5 Å². The van der Waals surface area contributed by atoms with E-state index in [0.29, 0.717) is 17.3 Å². The molecule has 6 heteroatoms. The SMILES string of the molecule is C[C@@H](NCc1ncncc1C(=O)O)c1ccc(Cl)cc1. The lowest BCUT2D eigenvalue weighted by molar-refractivity contribution is 0.0694. The molecule has 0 saturated carbocycles. The van der Waals surface area contributed by atoms with Crippen LogP contribution in [0.2, 0.25) is 5.02 Å². The average molecular weight is 292 g/mol. The Morgan fingerprint density at radius 2 is 2.10 bits per heavy atom. The zero-order chi connectivity index (χ0) is 14.5. The van der Waals surface area contributed by atoms with Gasteiger partial charge in [0, 0.05) is 23.8 Å². The molecular weight excluding hydrogens is 278 g/mol. The van der Waals surface area contributed by atoms with Crippen molar-refractivity contribution in [2.45, 2.75) is 19.5 Å². The number of rotatable bonds is 5. The minimum Gasteiger partial charge on any atom is -0.478 e. The van der Waals surface area contributed by atoms with Gasteiger partial charge in [-0.25, -0.2) is 14.8 Å². The van der Waals surface area contributed by atoms with Crippen molar-refractivity contribution in [2.75, 3.05) is 0 Å². The average Bonchev–Trinajstić information content (AvgIpc) is 2.45. The van der Waals surface area contributed by atoms with Crippen LogP contribution in [0.25, 0.3) is 0 Å². The Morgan fingerprint density at radius 1 is 1.40 bits per heavy atom. The van der Waals surface area contributed by atoms with Crippen molar-refractivity contribution in [3.63, 3.8) is 0 Å². The molecule has 0 aliphatic rings. The first-order chi connectivity index (χ1) is 9.58. The number of nitrogens with one attached hydrogen (secondary N) is 1. The third-order valence-corrected chi connectivity index (χ3v) is 3.22. The van der Waals surface area contributed by atoms with Crippen LogP contribution in [0.4, 0.5) is 0 Å². The number of aromatic carboxylic acids is 1. The van der Waals surface area contributed by atoms with E-state index < -0.39 is 5.97 Å². The molecule has 1 aromatic heterocycles. The summed E-state index contributed by atoms with van der Waals surface area (Å²) in [6, 6.07) is 7.56. The van der Waals surface area contributed by atoms with Crippen molar-refractivity contribution < 1.29 is 9.90 Å². The zero-order valence-corrected chi connectivity index (χ0v) is 11.6. The maximum absolute atomic E-state index is 11.1. The standard InChI is InChI=1S/C14H14ClN3O2/c1-9(10-2-4-11(15)5-3-10)17-7-13-12(14(19)20)6-16-8-18-13/h2-6,8-9,17H,7H2,1H3,(H,19,20)/t9-/m1/s1. The van der Waals surface area contributed by atoms with Crippen molar-refractivity contribution >= 4 is 17.6 Å². The molecule has 0 aliphatic carbocycles. The normalized spacial score (nSPS) is 12.1. The lowest BCUT2D eigenvalue weighted by Gasteiger charge is -2.14. The second kappa shape index (κ2) is 6.45. The Labute approximate surface area is 121 Å². The van der Waals surface area contributed by atoms with E-state index in [1.807, 2.05) is 31.2 Å². The summed E-state index contributed by atoms with van der Waals surface area (Å²) in [5.41, 5.74) is 1.65. The number of benzene rings is 1. The maximum Gasteiger partial charge on any atom is 0.339 e. The first-order valence-corrected chi connectivity index (χ1v) is 6.46. The van der Waals surface area contributed by atoms with Crippen LogP contribution in [-0.4, -0.2) is 21.0 Å². The predicted molar refractivity (Wildman–Crippen MR) is 75.7 cm³/mol. The fraction of sp³-hybridized carbons (Fsp3) is 0.214. The summed E-state index contributed by atoms with van der Waals surface area (Å²) in [6.45, 7) is 2.35. The minimum atomic E-state index is -1.03. The number of nitrogens with zero attached hydrogens (tertiary/aromatic N) is 2. The van der Waals surface area contributed by atoms with E-state index in [0.717, 1.165) is 5.56 Å². The van der Waals surface area contributed by atoms with E-state index in [-0.39, 0.29) is 11.6 Å². The molecule has 0 unspecified atom stereocenters. The van der Waals surface area contributed by atoms with E-state index in [1.54, 1.807) is 0 Å². The van der Waals surface area contributed by atoms with Crippen LogP contribution < -0.4 is 5.32 Å². The van der Waals surface area contributed by atoms with Gasteiger partial charge in [-0.1, -0.05) is 23.7 Å². The fourth-order valence-electron chi connectivity index (χ4n) is 1.79. The van der Waals surface area contributed by atoms with E-state index in [2.05, 4.69) is 15.3 Å². The quantitative estimate of drug-likeness (QED) is 0.886. The van der Waals surface area contributed by atoms with Crippen LogP contribution in [-0.2, 0) is 6.54 Å². The molecule has 1 atom stereocenters. The second-order valence-corrected chi connectivity index (χ2v) is 4.78. The molecule has 0 bridgehead atoms. The van der Waals surface area contributed by atoms with E-state index >= 15 is 0 Å². The Hall–Kier alpha value is -1.98. The van der Waals surface area contributed by atoms with Gasteiger partial charge >= 0.3 is 5.97 Å².